The molecule has 0 aliphatic rings. The van der Waals surface area contributed by atoms with E-state index in [-0.39, 0.29) is 5.56 Å². The van der Waals surface area contributed by atoms with E-state index in [1.165, 1.54) is 6.07 Å². The smallest absolute Gasteiger partial charge is 0.241 e. The molecule has 0 aliphatic carbocycles. The summed E-state index contributed by atoms with van der Waals surface area (Å²) in [5.41, 5.74) is -0.190. The molecule has 20 heavy (non-hydrogen) atoms. The van der Waals surface area contributed by atoms with Gasteiger partial charge in [0.25, 0.3) is 10.0 Å². The van der Waals surface area contributed by atoms with Crippen LogP contribution < -0.4 is 4.72 Å². The van der Waals surface area contributed by atoms with Crippen molar-refractivity contribution in [1.29, 1.82) is 0 Å². The maximum atomic E-state index is 13.3. The molecule has 0 spiro atoms. The molecule has 2 aromatic rings. The maximum Gasteiger partial charge on any atom is 0.261 e. The summed E-state index contributed by atoms with van der Waals surface area (Å²) < 4.78 is 65.2. The summed E-state index contributed by atoms with van der Waals surface area (Å²) in [6.45, 7) is -0.512. The fourth-order valence-electron chi connectivity index (χ4n) is 1.49. The number of rotatable bonds is 4. The molecule has 0 aliphatic heterocycles. The summed E-state index contributed by atoms with van der Waals surface area (Å²) >= 11 is 0. The minimum absolute atomic E-state index is 0.190. The molecule has 0 bridgehead atoms. The van der Waals surface area contributed by atoms with Gasteiger partial charge in [0.05, 0.1) is 0 Å². The summed E-state index contributed by atoms with van der Waals surface area (Å²) in [4.78, 5) is 3.41. The van der Waals surface area contributed by atoms with Crippen molar-refractivity contribution in [1.82, 2.24) is 9.71 Å². The number of aromatic nitrogens is 1. The van der Waals surface area contributed by atoms with Gasteiger partial charge in [0.2, 0.25) is 5.03 Å². The molecule has 1 heterocycles. The highest BCUT2D eigenvalue weighted by Gasteiger charge is 2.20. The monoisotopic (exact) mass is 302 g/mol. The van der Waals surface area contributed by atoms with Gasteiger partial charge < -0.3 is 0 Å². The lowest BCUT2D eigenvalue weighted by molar-refractivity contribution is 0.541. The van der Waals surface area contributed by atoms with E-state index in [1.807, 2.05) is 4.72 Å². The molecule has 106 valence electrons. The summed E-state index contributed by atoms with van der Waals surface area (Å²) in [6.07, 6.45) is 1.11. The van der Waals surface area contributed by atoms with Crippen LogP contribution in [-0.4, -0.2) is 13.4 Å². The average Bonchev–Trinajstić information content (AvgIpc) is 2.40. The topological polar surface area (TPSA) is 59.1 Å². The molecule has 0 saturated carbocycles. The van der Waals surface area contributed by atoms with Crippen molar-refractivity contribution < 1.29 is 21.6 Å². The number of halogens is 3. The van der Waals surface area contributed by atoms with Crippen LogP contribution in [0.2, 0.25) is 0 Å². The Morgan fingerprint density at radius 2 is 1.85 bits per heavy atom. The first kappa shape index (κ1) is 14.5. The van der Waals surface area contributed by atoms with Crippen LogP contribution >= 0.6 is 0 Å². The predicted octanol–water partition coefficient (Wildman–Crippen LogP) is 1.98. The first-order valence-electron chi connectivity index (χ1n) is 5.44. The third kappa shape index (κ3) is 3.14. The summed E-state index contributed by atoms with van der Waals surface area (Å²) in [5, 5.41) is -0.795. The third-order valence-corrected chi connectivity index (χ3v) is 3.77. The van der Waals surface area contributed by atoms with Crippen LogP contribution in [0.1, 0.15) is 5.56 Å². The van der Waals surface area contributed by atoms with E-state index >= 15 is 0 Å². The van der Waals surface area contributed by atoms with E-state index in [0.717, 1.165) is 30.5 Å². The molecule has 0 unspecified atom stereocenters. The van der Waals surface area contributed by atoms with Crippen molar-refractivity contribution in [2.24, 2.45) is 0 Å². The Morgan fingerprint density at radius 1 is 1.10 bits per heavy atom. The first-order chi connectivity index (χ1) is 9.40. The minimum Gasteiger partial charge on any atom is -0.241 e. The van der Waals surface area contributed by atoms with E-state index in [1.54, 1.807) is 0 Å². The van der Waals surface area contributed by atoms with Gasteiger partial charge in [0.15, 0.2) is 5.82 Å². The number of sulfonamides is 1. The molecule has 4 nitrogen and oxygen atoms in total. The Labute approximate surface area is 113 Å². The van der Waals surface area contributed by atoms with Crippen LogP contribution in [0.5, 0.6) is 0 Å². The molecule has 1 aromatic heterocycles. The molecule has 1 aromatic carbocycles. The summed E-state index contributed by atoms with van der Waals surface area (Å²) in [7, 11) is -4.24. The largest absolute Gasteiger partial charge is 0.261 e. The van der Waals surface area contributed by atoms with Crippen molar-refractivity contribution in [2.75, 3.05) is 0 Å². The van der Waals surface area contributed by atoms with Gasteiger partial charge in [-0.15, -0.1) is 0 Å². The van der Waals surface area contributed by atoms with E-state index in [0.29, 0.717) is 0 Å². The van der Waals surface area contributed by atoms with Crippen LogP contribution in [0, 0.1) is 17.5 Å². The lowest BCUT2D eigenvalue weighted by Crippen LogP contribution is -2.25. The molecule has 0 atom stereocenters. The standard InChI is InChI=1S/C12H9F3N2O2S/c13-9-3-4-10(14)8(6-9)7-17-20(18,19)12-11(15)2-1-5-16-12/h1-6,17H,7H2. The number of hydrogen-bond donors (Lipinski definition) is 1. The molecule has 8 heteroatoms. The second-order valence-electron chi connectivity index (χ2n) is 3.85. The Balaban J connectivity index is 2.22. The lowest BCUT2D eigenvalue weighted by Gasteiger charge is -2.07. The van der Waals surface area contributed by atoms with Gasteiger partial charge in [0, 0.05) is 18.3 Å². The molecule has 1 N–H and O–H groups in total. The molecule has 2 rings (SSSR count). The minimum atomic E-state index is -4.24. The van der Waals surface area contributed by atoms with Gasteiger partial charge in [0.1, 0.15) is 11.6 Å². The van der Waals surface area contributed by atoms with E-state index < -0.39 is 39.0 Å². The van der Waals surface area contributed by atoms with Gasteiger partial charge in [-0.1, -0.05) is 0 Å². The van der Waals surface area contributed by atoms with Crippen molar-refractivity contribution in [3.63, 3.8) is 0 Å². The number of hydrogen-bond acceptors (Lipinski definition) is 3. The zero-order valence-corrected chi connectivity index (χ0v) is 10.8. The van der Waals surface area contributed by atoms with Gasteiger partial charge in [-0.2, -0.15) is 0 Å². The molecular weight excluding hydrogens is 293 g/mol. The Hall–Kier alpha value is -1.93. The average molecular weight is 302 g/mol. The highest BCUT2D eigenvalue weighted by molar-refractivity contribution is 7.89. The number of pyridine rings is 1. The molecule has 0 fully saturated rings. The maximum absolute atomic E-state index is 13.3. The fourth-order valence-corrected chi connectivity index (χ4v) is 2.50. The summed E-state index contributed by atoms with van der Waals surface area (Å²) in [6, 6.07) is 4.81. The quantitative estimate of drug-likeness (QED) is 0.939. The highest BCUT2D eigenvalue weighted by atomic mass is 32.2. The molecule has 0 radical (unpaired) electrons. The second kappa shape index (κ2) is 5.59. The Morgan fingerprint density at radius 3 is 2.55 bits per heavy atom. The van der Waals surface area contributed by atoms with Gasteiger partial charge in [-0.3, -0.25) is 0 Å². The van der Waals surface area contributed by atoms with Crippen LogP contribution in [0.3, 0.4) is 0 Å². The Kier molecular flexibility index (Phi) is 4.05. The lowest BCUT2D eigenvalue weighted by atomic mass is 10.2. The fraction of sp³-hybridized carbons (Fsp3) is 0.0833. The van der Waals surface area contributed by atoms with Crippen molar-refractivity contribution >= 4 is 10.0 Å². The zero-order valence-electron chi connectivity index (χ0n) is 9.98. The highest BCUT2D eigenvalue weighted by Crippen LogP contribution is 2.13. The van der Waals surface area contributed by atoms with Gasteiger partial charge in [-0.05, 0) is 30.3 Å². The third-order valence-electron chi connectivity index (χ3n) is 2.44. The van der Waals surface area contributed by atoms with Crippen LogP contribution in [0.4, 0.5) is 13.2 Å². The predicted molar refractivity (Wildman–Crippen MR) is 64.6 cm³/mol. The van der Waals surface area contributed by atoms with E-state index in [2.05, 4.69) is 4.98 Å². The van der Waals surface area contributed by atoms with Gasteiger partial charge >= 0.3 is 0 Å². The second-order valence-corrected chi connectivity index (χ2v) is 5.53. The SMILES string of the molecule is O=S(=O)(NCc1cc(F)ccc1F)c1ncccc1F. The normalized spacial score (nSPS) is 11.6. The van der Waals surface area contributed by atoms with E-state index in [4.69, 9.17) is 0 Å². The Bertz CT molecular complexity index is 735. The van der Waals surface area contributed by atoms with Crippen LogP contribution in [-0.2, 0) is 16.6 Å². The van der Waals surface area contributed by atoms with Crippen molar-refractivity contribution in [3.05, 3.63) is 59.5 Å². The van der Waals surface area contributed by atoms with Crippen molar-refractivity contribution in [2.45, 2.75) is 11.6 Å². The molecule has 0 amide bonds. The van der Waals surface area contributed by atoms with Gasteiger partial charge in [-0.25, -0.2) is 31.3 Å². The molecule has 0 saturated heterocycles. The van der Waals surface area contributed by atoms with Crippen LogP contribution in [0.25, 0.3) is 0 Å². The first-order valence-corrected chi connectivity index (χ1v) is 6.92. The molecular formula is C12H9F3N2O2S. The number of nitrogens with one attached hydrogen (secondary N) is 1. The zero-order chi connectivity index (χ0) is 14.8. The van der Waals surface area contributed by atoms with E-state index in [9.17, 15) is 21.6 Å². The van der Waals surface area contributed by atoms with Crippen LogP contribution in [0.15, 0.2) is 41.6 Å². The summed E-state index contributed by atoms with van der Waals surface area (Å²) in [5.74, 6) is -2.50. The number of benzene rings is 1. The van der Waals surface area contributed by atoms with Crippen molar-refractivity contribution in [3.8, 4) is 0 Å². The number of nitrogens with zero attached hydrogens (tertiary/aromatic N) is 1.